The number of rotatable bonds is 2. The number of ketones is 1. The number of carbonyl (C=O) groups excluding carboxylic acids is 1. The third kappa shape index (κ3) is 1.66. The second kappa shape index (κ2) is 4.00. The van der Waals surface area contributed by atoms with Crippen LogP contribution in [0.5, 0.6) is 0 Å². The van der Waals surface area contributed by atoms with Crippen molar-refractivity contribution in [2.75, 3.05) is 13.2 Å². The number of halogens is 1. The zero-order valence-electron chi connectivity index (χ0n) is 8.79. The van der Waals surface area contributed by atoms with Gasteiger partial charge in [-0.3, -0.25) is 4.79 Å². The molecule has 16 heavy (non-hydrogen) atoms. The van der Waals surface area contributed by atoms with Gasteiger partial charge in [0.25, 0.3) is 0 Å². The molecule has 4 heteroatoms. The number of nitrogens with zero attached hydrogens (tertiary/aromatic N) is 1. The number of Topliss-reactive ketones (excluding diaryl/α,β-unsaturated/α-hetero) is 1. The van der Waals surface area contributed by atoms with Crippen molar-refractivity contribution in [2.45, 2.75) is 6.92 Å². The van der Waals surface area contributed by atoms with Crippen molar-refractivity contribution >= 4 is 21.7 Å². The van der Waals surface area contributed by atoms with Gasteiger partial charge in [-0.05, 0) is 24.6 Å². The molecular formula is C12H10BrNO2. The molecule has 1 aromatic carbocycles. The van der Waals surface area contributed by atoms with Gasteiger partial charge in [0.2, 0.25) is 0 Å². The highest BCUT2D eigenvalue weighted by atomic mass is 79.9. The fourth-order valence-corrected chi connectivity index (χ4v) is 2.01. The Labute approximate surface area is 102 Å². The summed E-state index contributed by atoms with van der Waals surface area (Å²) >= 11 is 3.33. The molecule has 0 atom stereocenters. The molecule has 1 fully saturated rings. The van der Waals surface area contributed by atoms with Gasteiger partial charge in [-0.1, -0.05) is 22.0 Å². The van der Waals surface area contributed by atoms with Crippen LogP contribution in [0.25, 0.3) is 0 Å². The van der Waals surface area contributed by atoms with Crippen LogP contribution in [0.15, 0.2) is 22.7 Å². The zero-order valence-corrected chi connectivity index (χ0v) is 10.4. The van der Waals surface area contributed by atoms with E-state index in [4.69, 9.17) is 10.00 Å². The monoisotopic (exact) mass is 279 g/mol. The molecule has 0 saturated carbocycles. The predicted molar refractivity (Wildman–Crippen MR) is 62.1 cm³/mol. The fourth-order valence-electron chi connectivity index (χ4n) is 1.65. The van der Waals surface area contributed by atoms with Crippen LogP contribution in [0.3, 0.4) is 0 Å². The second-order valence-electron chi connectivity index (χ2n) is 3.98. The second-order valence-corrected chi connectivity index (χ2v) is 4.89. The average molecular weight is 280 g/mol. The summed E-state index contributed by atoms with van der Waals surface area (Å²) in [7, 11) is 0. The first-order chi connectivity index (χ1) is 7.59. The zero-order chi connectivity index (χ0) is 11.8. The Morgan fingerprint density at radius 3 is 2.75 bits per heavy atom. The third-order valence-corrected chi connectivity index (χ3v) is 3.28. The Balaban J connectivity index is 2.41. The summed E-state index contributed by atoms with van der Waals surface area (Å²) in [6, 6.07) is 7.57. The molecule has 1 heterocycles. The van der Waals surface area contributed by atoms with Crippen molar-refractivity contribution in [3.8, 4) is 6.07 Å². The molecule has 1 aliphatic heterocycles. The summed E-state index contributed by atoms with van der Waals surface area (Å²) in [5, 5.41) is 9.07. The van der Waals surface area contributed by atoms with E-state index in [0.717, 1.165) is 10.0 Å². The SMILES string of the molecule is Cc1ccc(Br)cc1C(=O)C1(C#N)COC1. The minimum atomic E-state index is -0.967. The van der Waals surface area contributed by atoms with Crippen molar-refractivity contribution in [3.05, 3.63) is 33.8 Å². The summed E-state index contributed by atoms with van der Waals surface area (Å²) in [6.45, 7) is 2.27. The summed E-state index contributed by atoms with van der Waals surface area (Å²) in [6.07, 6.45) is 0. The Bertz CT molecular complexity index is 486. The molecule has 0 aliphatic carbocycles. The van der Waals surface area contributed by atoms with E-state index in [1.807, 2.05) is 19.1 Å². The van der Waals surface area contributed by atoms with E-state index in [1.165, 1.54) is 0 Å². The topological polar surface area (TPSA) is 50.1 Å². The van der Waals surface area contributed by atoms with Crippen LogP contribution in [0.2, 0.25) is 0 Å². The Morgan fingerprint density at radius 2 is 2.25 bits per heavy atom. The number of nitriles is 1. The lowest BCUT2D eigenvalue weighted by Crippen LogP contribution is -2.48. The molecule has 0 radical (unpaired) electrons. The van der Waals surface area contributed by atoms with Crippen molar-refractivity contribution < 1.29 is 9.53 Å². The highest BCUT2D eigenvalue weighted by Gasteiger charge is 2.47. The largest absolute Gasteiger partial charge is 0.377 e. The van der Waals surface area contributed by atoms with E-state index in [9.17, 15) is 4.79 Å². The summed E-state index contributed by atoms with van der Waals surface area (Å²) in [5.74, 6) is -0.139. The summed E-state index contributed by atoms with van der Waals surface area (Å²) in [5.41, 5.74) is 0.514. The minimum absolute atomic E-state index is 0.139. The Hall–Kier alpha value is -1.18. The molecule has 0 N–H and O–H groups in total. The van der Waals surface area contributed by atoms with E-state index in [-0.39, 0.29) is 19.0 Å². The average Bonchev–Trinajstić information content (AvgIpc) is 2.21. The van der Waals surface area contributed by atoms with Gasteiger partial charge in [0.05, 0.1) is 19.3 Å². The molecule has 0 amide bonds. The lowest BCUT2D eigenvalue weighted by atomic mass is 9.79. The van der Waals surface area contributed by atoms with Gasteiger partial charge in [0, 0.05) is 10.0 Å². The quantitative estimate of drug-likeness (QED) is 0.782. The standard InChI is InChI=1S/C12H10BrNO2/c1-8-2-3-9(13)4-10(8)11(15)12(5-14)6-16-7-12/h2-4H,6-7H2,1H3. The molecular weight excluding hydrogens is 270 g/mol. The molecule has 1 aromatic rings. The lowest BCUT2D eigenvalue weighted by molar-refractivity contribution is -0.0566. The first-order valence-corrected chi connectivity index (χ1v) is 5.68. The van der Waals surface area contributed by atoms with Crippen molar-refractivity contribution in [1.29, 1.82) is 5.26 Å². The van der Waals surface area contributed by atoms with Crippen molar-refractivity contribution in [3.63, 3.8) is 0 Å². The van der Waals surface area contributed by atoms with Crippen LogP contribution in [0, 0.1) is 23.7 Å². The Kier molecular flexibility index (Phi) is 2.83. The van der Waals surface area contributed by atoms with E-state index in [0.29, 0.717) is 5.56 Å². The number of aryl methyl sites for hydroxylation is 1. The van der Waals surface area contributed by atoms with Gasteiger partial charge in [0.15, 0.2) is 11.2 Å². The van der Waals surface area contributed by atoms with Gasteiger partial charge in [-0.2, -0.15) is 5.26 Å². The number of hydrogen-bond donors (Lipinski definition) is 0. The van der Waals surface area contributed by atoms with Gasteiger partial charge < -0.3 is 4.74 Å². The first-order valence-electron chi connectivity index (χ1n) is 4.89. The van der Waals surface area contributed by atoms with E-state index < -0.39 is 5.41 Å². The molecule has 0 spiro atoms. The maximum atomic E-state index is 12.2. The van der Waals surface area contributed by atoms with Gasteiger partial charge in [0.1, 0.15) is 0 Å². The molecule has 1 aliphatic rings. The summed E-state index contributed by atoms with van der Waals surface area (Å²) in [4.78, 5) is 12.2. The predicted octanol–water partition coefficient (Wildman–Crippen LogP) is 2.48. The number of carbonyl (C=O) groups is 1. The van der Waals surface area contributed by atoms with E-state index >= 15 is 0 Å². The number of ether oxygens (including phenoxy) is 1. The highest BCUT2D eigenvalue weighted by Crippen LogP contribution is 2.32. The fraction of sp³-hybridized carbons (Fsp3) is 0.333. The van der Waals surface area contributed by atoms with Gasteiger partial charge >= 0.3 is 0 Å². The summed E-state index contributed by atoms with van der Waals surface area (Å²) < 4.78 is 5.83. The molecule has 2 rings (SSSR count). The maximum Gasteiger partial charge on any atom is 0.188 e. The maximum absolute atomic E-state index is 12.2. The number of benzene rings is 1. The van der Waals surface area contributed by atoms with Crippen LogP contribution in [-0.2, 0) is 4.74 Å². The van der Waals surface area contributed by atoms with Crippen LogP contribution in [0.1, 0.15) is 15.9 Å². The third-order valence-electron chi connectivity index (χ3n) is 2.79. The van der Waals surface area contributed by atoms with E-state index in [1.54, 1.807) is 6.07 Å². The van der Waals surface area contributed by atoms with Crippen LogP contribution in [0.4, 0.5) is 0 Å². The van der Waals surface area contributed by atoms with E-state index in [2.05, 4.69) is 22.0 Å². The van der Waals surface area contributed by atoms with Crippen molar-refractivity contribution in [2.24, 2.45) is 5.41 Å². The Morgan fingerprint density at radius 1 is 1.56 bits per heavy atom. The minimum Gasteiger partial charge on any atom is -0.377 e. The molecule has 82 valence electrons. The smallest absolute Gasteiger partial charge is 0.188 e. The molecule has 0 bridgehead atoms. The molecule has 0 unspecified atom stereocenters. The van der Waals surface area contributed by atoms with Crippen LogP contribution >= 0.6 is 15.9 Å². The highest BCUT2D eigenvalue weighted by molar-refractivity contribution is 9.10. The van der Waals surface area contributed by atoms with Gasteiger partial charge in [-0.25, -0.2) is 0 Å². The molecule has 1 saturated heterocycles. The van der Waals surface area contributed by atoms with Crippen LogP contribution in [-0.4, -0.2) is 19.0 Å². The normalized spacial score (nSPS) is 17.3. The molecule has 3 nitrogen and oxygen atoms in total. The number of hydrogen-bond acceptors (Lipinski definition) is 3. The van der Waals surface area contributed by atoms with Crippen molar-refractivity contribution in [1.82, 2.24) is 0 Å². The lowest BCUT2D eigenvalue weighted by Gasteiger charge is -2.33. The van der Waals surface area contributed by atoms with Crippen LogP contribution < -0.4 is 0 Å². The molecule has 0 aromatic heterocycles. The van der Waals surface area contributed by atoms with Gasteiger partial charge in [-0.15, -0.1) is 0 Å². The first kappa shape index (κ1) is 11.3.